The van der Waals surface area contributed by atoms with Crippen molar-refractivity contribution in [3.63, 3.8) is 0 Å². The Balaban J connectivity index is 1.75. The summed E-state index contributed by atoms with van der Waals surface area (Å²) in [5.74, 6) is 0.407. The molecule has 0 atom stereocenters. The van der Waals surface area contributed by atoms with Crippen LogP contribution in [0.5, 0.6) is 0 Å². The predicted molar refractivity (Wildman–Crippen MR) is 116 cm³/mol. The number of aromatic nitrogens is 2. The number of fused-ring (bicyclic) bond motifs is 3. The van der Waals surface area contributed by atoms with Crippen molar-refractivity contribution in [2.45, 2.75) is 0 Å². The first-order chi connectivity index (χ1) is 15.8. The Morgan fingerprint density at radius 2 is 1.68 bits per heavy atom. The Morgan fingerprint density at radius 3 is 2.43 bits per heavy atom. The number of halogens is 1. The van der Waals surface area contributed by atoms with E-state index in [1.54, 1.807) is 36.4 Å². The molecule has 0 fully saturated rings. The molecule has 0 amide bonds. The van der Waals surface area contributed by atoms with Crippen molar-refractivity contribution < 1.29 is 6.85 Å². The molecule has 0 saturated heterocycles. The zero-order valence-electron chi connectivity index (χ0n) is 19.2. The molecule has 28 heavy (non-hydrogen) atoms. The Hall–Kier alpha value is -3.26. The smallest absolute Gasteiger partial charge is 0.161 e. The highest BCUT2D eigenvalue weighted by atomic mass is 35.5. The van der Waals surface area contributed by atoms with Crippen LogP contribution in [0.25, 0.3) is 42.8 Å². The minimum Gasteiger partial charge on any atom is -0.226 e. The normalized spacial score (nSPS) is 13.5. The molecule has 5 rings (SSSR count). The molecule has 132 valence electrons. The van der Waals surface area contributed by atoms with Gasteiger partial charge in [-0.05, 0) is 47.5 Å². The van der Waals surface area contributed by atoms with Crippen molar-refractivity contribution in [1.82, 2.24) is 9.97 Å². The van der Waals surface area contributed by atoms with Gasteiger partial charge in [0, 0.05) is 15.6 Å². The summed E-state index contributed by atoms with van der Waals surface area (Å²) in [5.41, 5.74) is 2.47. The van der Waals surface area contributed by atoms with Crippen LogP contribution in [0.1, 0.15) is 12.4 Å². The summed E-state index contributed by atoms with van der Waals surface area (Å²) in [6, 6.07) is 12.6. The minimum absolute atomic E-state index is 0.134. The number of benzene rings is 3. The SMILES string of the molecule is [2H]c1c([2H])c([2H])c(-c2ccc3sc4c(Cl)nc(-c5ccc(C#N)cc5)nc4c3c2)c([2H])c1[2H]. The lowest BCUT2D eigenvalue weighted by Crippen LogP contribution is -1.90. The molecule has 0 N–H and O–H groups in total. The molecule has 2 heterocycles. The predicted octanol–water partition coefficient (Wildman–Crippen LogP) is 6.70. The summed E-state index contributed by atoms with van der Waals surface area (Å²) < 4.78 is 41.9. The van der Waals surface area contributed by atoms with Crippen molar-refractivity contribution in [3.8, 4) is 28.6 Å². The number of hydrogen-bond donors (Lipinski definition) is 0. The molecule has 0 bridgehead atoms. The van der Waals surface area contributed by atoms with Gasteiger partial charge < -0.3 is 0 Å². The molecular weight excluding hydrogens is 386 g/mol. The van der Waals surface area contributed by atoms with E-state index in [-0.39, 0.29) is 29.7 Å². The molecular formula is C23H12ClN3S. The second kappa shape index (κ2) is 6.72. The van der Waals surface area contributed by atoms with Crippen LogP contribution < -0.4 is 0 Å². The van der Waals surface area contributed by atoms with Crippen molar-refractivity contribution in [1.29, 1.82) is 5.26 Å². The first kappa shape index (κ1) is 12.2. The highest BCUT2D eigenvalue weighted by molar-refractivity contribution is 7.26. The molecule has 0 aliphatic heterocycles. The highest BCUT2D eigenvalue weighted by Crippen LogP contribution is 2.39. The fourth-order valence-electron chi connectivity index (χ4n) is 2.98. The van der Waals surface area contributed by atoms with E-state index in [0.29, 0.717) is 37.9 Å². The maximum Gasteiger partial charge on any atom is 0.161 e. The molecule has 5 heteroatoms. The zero-order chi connectivity index (χ0) is 23.4. The molecule has 2 aromatic heterocycles. The standard InChI is InChI=1S/C23H12ClN3S/c24-22-21-20(26-23(27-22)16-8-6-14(13-25)7-9-16)18-12-17(10-11-19(18)28-21)15-4-2-1-3-5-15/h1-12H/i1D,2D,3D,4D,5D. The molecule has 0 radical (unpaired) electrons. The third kappa shape index (κ3) is 2.82. The van der Waals surface area contributed by atoms with Crippen LogP contribution in [-0.2, 0) is 0 Å². The molecule has 0 unspecified atom stereocenters. The Bertz CT molecular complexity index is 1610. The second-order valence-electron chi connectivity index (χ2n) is 6.02. The van der Waals surface area contributed by atoms with E-state index in [9.17, 15) is 0 Å². The lowest BCUT2D eigenvalue weighted by atomic mass is 10.0. The fraction of sp³-hybridized carbons (Fsp3) is 0. The van der Waals surface area contributed by atoms with E-state index in [4.69, 9.17) is 28.7 Å². The van der Waals surface area contributed by atoms with Crippen LogP contribution >= 0.6 is 22.9 Å². The molecule has 0 saturated carbocycles. The average molecular weight is 403 g/mol. The van der Waals surface area contributed by atoms with Gasteiger partial charge in [-0.3, -0.25) is 0 Å². The van der Waals surface area contributed by atoms with E-state index in [1.807, 2.05) is 6.07 Å². The van der Waals surface area contributed by atoms with Gasteiger partial charge in [0.25, 0.3) is 0 Å². The van der Waals surface area contributed by atoms with Crippen LogP contribution in [0, 0.1) is 11.3 Å². The summed E-state index contributed by atoms with van der Waals surface area (Å²) in [7, 11) is 0. The van der Waals surface area contributed by atoms with Gasteiger partial charge in [-0.25, -0.2) is 9.97 Å². The first-order valence-electron chi connectivity index (χ1n) is 10.8. The van der Waals surface area contributed by atoms with Crippen LogP contribution in [0.4, 0.5) is 0 Å². The van der Waals surface area contributed by atoms with Gasteiger partial charge in [0.05, 0.1) is 28.7 Å². The van der Waals surface area contributed by atoms with Gasteiger partial charge in [0.1, 0.15) is 0 Å². The van der Waals surface area contributed by atoms with Crippen LogP contribution in [-0.4, -0.2) is 9.97 Å². The summed E-state index contributed by atoms with van der Waals surface area (Å²) in [6.45, 7) is 0. The van der Waals surface area contributed by atoms with Gasteiger partial charge in [0.2, 0.25) is 0 Å². The van der Waals surface area contributed by atoms with E-state index >= 15 is 0 Å². The maximum absolute atomic E-state index is 9.02. The lowest BCUT2D eigenvalue weighted by molar-refractivity contribution is 1.24. The van der Waals surface area contributed by atoms with E-state index in [2.05, 4.69) is 11.1 Å². The summed E-state index contributed by atoms with van der Waals surface area (Å²) >= 11 is 7.91. The van der Waals surface area contributed by atoms with Crippen molar-refractivity contribution in [3.05, 3.63) is 83.4 Å². The number of hydrogen-bond acceptors (Lipinski definition) is 4. The molecule has 0 spiro atoms. The maximum atomic E-state index is 9.02. The van der Waals surface area contributed by atoms with Crippen LogP contribution in [0.3, 0.4) is 0 Å². The molecule has 0 aliphatic rings. The third-order valence-electron chi connectivity index (χ3n) is 4.33. The summed E-state index contributed by atoms with van der Waals surface area (Å²) in [5, 5.41) is 10.1. The van der Waals surface area contributed by atoms with Crippen molar-refractivity contribution >= 4 is 43.2 Å². The van der Waals surface area contributed by atoms with Crippen LogP contribution in [0.15, 0.2) is 72.7 Å². The fourth-order valence-corrected chi connectivity index (χ4v) is 4.27. The van der Waals surface area contributed by atoms with Gasteiger partial charge in [0.15, 0.2) is 11.0 Å². The summed E-state index contributed by atoms with van der Waals surface area (Å²) in [6.07, 6.45) is 0. The van der Waals surface area contributed by atoms with E-state index < -0.39 is 6.04 Å². The van der Waals surface area contributed by atoms with Crippen LogP contribution in [0.2, 0.25) is 5.15 Å². The monoisotopic (exact) mass is 402 g/mol. The molecule has 0 aliphatic carbocycles. The van der Waals surface area contributed by atoms with Crippen molar-refractivity contribution in [2.75, 3.05) is 0 Å². The third-order valence-corrected chi connectivity index (χ3v) is 5.88. The Kier molecular flexibility index (Phi) is 2.94. The number of rotatable bonds is 2. The number of nitriles is 1. The Morgan fingerprint density at radius 1 is 0.929 bits per heavy atom. The lowest BCUT2D eigenvalue weighted by Gasteiger charge is -2.03. The Labute approximate surface area is 177 Å². The quantitative estimate of drug-likeness (QED) is 0.308. The molecule has 5 aromatic rings. The topological polar surface area (TPSA) is 49.6 Å². The van der Waals surface area contributed by atoms with E-state index in [1.165, 1.54) is 11.3 Å². The summed E-state index contributed by atoms with van der Waals surface area (Å²) in [4.78, 5) is 9.13. The molecule has 3 nitrogen and oxygen atoms in total. The molecule has 3 aromatic carbocycles. The van der Waals surface area contributed by atoms with Gasteiger partial charge in [-0.15, -0.1) is 11.3 Å². The van der Waals surface area contributed by atoms with Gasteiger partial charge in [-0.2, -0.15) is 5.26 Å². The average Bonchev–Trinajstić information content (AvgIpc) is 3.20. The minimum atomic E-state index is -0.428. The number of thiophene rings is 1. The van der Waals surface area contributed by atoms with Crippen molar-refractivity contribution in [2.24, 2.45) is 0 Å². The van der Waals surface area contributed by atoms with Gasteiger partial charge >= 0.3 is 0 Å². The largest absolute Gasteiger partial charge is 0.226 e. The highest BCUT2D eigenvalue weighted by Gasteiger charge is 2.14. The first-order valence-corrected chi connectivity index (χ1v) is 9.47. The second-order valence-corrected chi connectivity index (χ2v) is 7.43. The number of nitrogens with zero attached hydrogens (tertiary/aromatic N) is 3. The zero-order valence-corrected chi connectivity index (χ0v) is 15.7. The van der Waals surface area contributed by atoms with E-state index in [0.717, 1.165) is 10.1 Å². The van der Waals surface area contributed by atoms with Gasteiger partial charge in [-0.1, -0.05) is 47.9 Å².